The number of hydrogen-bond donors (Lipinski definition) is 1. The topological polar surface area (TPSA) is 66.9 Å². The van der Waals surface area contributed by atoms with E-state index in [1.807, 2.05) is 26.0 Å². The van der Waals surface area contributed by atoms with E-state index in [0.29, 0.717) is 12.0 Å². The Bertz CT molecular complexity index is 418. The minimum Gasteiger partial charge on any atom is -0.370 e. The van der Waals surface area contributed by atoms with Gasteiger partial charge in [-0.25, -0.2) is 0 Å². The Labute approximate surface area is 89.5 Å². The SMILES string of the molecule is Cc1cc(C#N)cc(C(C)CC(N)=O)c1. The summed E-state index contributed by atoms with van der Waals surface area (Å²) in [6, 6.07) is 7.71. The lowest BCUT2D eigenvalue weighted by Crippen LogP contribution is -2.13. The zero-order valence-corrected chi connectivity index (χ0v) is 8.95. The summed E-state index contributed by atoms with van der Waals surface area (Å²) in [5.41, 5.74) is 7.78. The van der Waals surface area contributed by atoms with E-state index in [-0.39, 0.29) is 11.8 Å². The van der Waals surface area contributed by atoms with E-state index in [4.69, 9.17) is 11.0 Å². The fourth-order valence-electron chi connectivity index (χ4n) is 1.58. The molecule has 1 atom stereocenters. The van der Waals surface area contributed by atoms with Crippen LogP contribution in [0.3, 0.4) is 0 Å². The first-order valence-electron chi connectivity index (χ1n) is 4.83. The van der Waals surface area contributed by atoms with E-state index in [1.165, 1.54) is 0 Å². The Kier molecular flexibility index (Phi) is 3.46. The number of carbonyl (C=O) groups excluding carboxylic acids is 1. The quantitative estimate of drug-likeness (QED) is 0.812. The van der Waals surface area contributed by atoms with Crippen molar-refractivity contribution >= 4 is 5.91 Å². The Balaban J connectivity index is 2.99. The molecule has 0 radical (unpaired) electrons. The van der Waals surface area contributed by atoms with E-state index in [9.17, 15) is 4.79 Å². The van der Waals surface area contributed by atoms with Crippen LogP contribution in [0.4, 0.5) is 0 Å². The van der Waals surface area contributed by atoms with Crippen LogP contribution in [0, 0.1) is 18.3 Å². The summed E-state index contributed by atoms with van der Waals surface area (Å²) in [5.74, 6) is -0.253. The number of carbonyl (C=O) groups is 1. The summed E-state index contributed by atoms with van der Waals surface area (Å²) in [6.45, 7) is 3.86. The normalized spacial score (nSPS) is 11.8. The standard InChI is InChI=1S/C12H14N2O/c1-8-3-10(7-13)6-11(4-8)9(2)5-12(14)15/h3-4,6,9H,5H2,1-2H3,(H2,14,15). The van der Waals surface area contributed by atoms with Gasteiger partial charge >= 0.3 is 0 Å². The fraction of sp³-hybridized carbons (Fsp3) is 0.333. The smallest absolute Gasteiger partial charge is 0.218 e. The second kappa shape index (κ2) is 4.61. The number of nitrogens with zero attached hydrogens (tertiary/aromatic N) is 1. The maximum atomic E-state index is 10.8. The van der Waals surface area contributed by atoms with Crippen LogP contribution in [-0.4, -0.2) is 5.91 Å². The van der Waals surface area contributed by atoms with Crippen molar-refractivity contribution in [1.82, 2.24) is 0 Å². The minimum absolute atomic E-state index is 0.0644. The second-order valence-electron chi connectivity index (χ2n) is 3.82. The number of aryl methyl sites for hydroxylation is 1. The van der Waals surface area contributed by atoms with Gasteiger partial charge in [-0.15, -0.1) is 0 Å². The number of amides is 1. The molecule has 1 unspecified atom stereocenters. The molecular weight excluding hydrogens is 188 g/mol. The molecule has 3 nitrogen and oxygen atoms in total. The average Bonchev–Trinajstić information content (AvgIpc) is 2.15. The van der Waals surface area contributed by atoms with E-state index in [1.54, 1.807) is 6.07 Å². The van der Waals surface area contributed by atoms with Gasteiger partial charge in [-0.3, -0.25) is 4.79 Å². The van der Waals surface area contributed by atoms with Crippen LogP contribution >= 0.6 is 0 Å². The summed E-state index contributed by atoms with van der Waals surface area (Å²) >= 11 is 0. The van der Waals surface area contributed by atoms with Crippen molar-refractivity contribution in [1.29, 1.82) is 5.26 Å². The molecule has 1 amide bonds. The molecule has 0 heterocycles. The van der Waals surface area contributed by atoms with E-state index in [0.717, 1.165) is 11.1 Å². The maximum absolute atomic E-state index is 10.8. The second-order valence-corrected chi connectivity index (χ2v) is 3.82. The highest BCUT2D eigenvalue weighted by Gasteiger charge is 2.10. The summed E-state index contributed by atoms with van der Waals surface area (Å²) in [6.07, 6.45) is 0.314. The summed E-state index contributed by atoms with van der Waals surface area (Å²) in [4.78, 5) is 10.8. The Hall–Kier alpha value is -1.82. The molecular formula is C12H14N2O. The molecule has 0 saturated carbocycles. The highest BCUT2D eigenvalue weighted by Crippen LogP contribution is 2.21. The van der Waals surface area contributed by atoms with Gasteiger partial charge in [0.2, 0.25) is 5.91 Å². The molecule has 0 aromatic heterocycles. The molecule has 0 aliphatic rings. The van der Waals surface area contributed by atoms with Crippen molar-refractivity contribution in [2.45, 2.75) is 26.2 Å². The summed E-state index contributed by atoms with van der Waals surface area (Å²) < 4.78 is 0. The third-order valence-corrected chi connectivity index (χ3v) is 2.31. The lowest BCUT2D eigenvalue weighted by molar-refractivity contribution is -0.118. The molecule has 1 aromatic carbocycles. The Morgan fingerprint density at radius 1 is 1.53 bits per heavy atom. The monoisotopic (exact) mass is 202 g/mol. The molecule has 2 N–H and O–H groups in total. The lowest BCUT2D eigenvalue weighted by Gasteiger charge is -2.10. The van der Waals surface area contributed by atoms with Gasteiger partial charge in [-0.1, -0.05) is 13.0 Å². The van der Waals surface area contributed by atoms with Crippen molar-refractivity contribution in [2.75, 3.05) is 0 Å². The molecule has 0 aliphatic carbocycles. The van der Waals surface area contributed by atoms with Crippen LogP contribution in [0.15, 0.2) is 18.2 Å². The number of hydrogen-bond acceptors (Lipinski definition) is 2. The van der Waals surface area contributed by atoms with Crippen LogP contribution < -0.4 is 5.73 Å². The van der Waals surface area contributed by atoms with Crippen molar-refractivity contribution < 1.29 is 4.79 Å². The van der Waals surface area contributed by atoms with Crippen molar-refractivity contribution in [3.63, 3.8) is 0 Å². The molecule has 3 heteroatoms. The number of rotatable bonds is 3. The Morgan fingerprint density at radius 3 is 2.73 bits per heavy atom. The molecule has 1 rings (SSSR count). The molecule has 1 aromatic rings. The number of nitriles is 1. The predicted octanol–water partition coefficient (Wildman–Crippen LogP) is 1.85. The van der Waals surface area contributed by atoms with E-state index < -0.39 is 0 Å². The largest absolute Gasteiger partial charge is 0.370 e. The molecule has 0 fully saturated rings. The van der Waals surface area contributed by atoms with E-state index in [2.05, 4.69) is 6.07 Å². The van der Waals surface area contributed by atoms with Gasteiger partial charge < -0.3 is 5.73 Å². The molecule has 0 saturated heterocycles. The molecule has 15 heavy (non-hydrogen) atoms. The number of primary amides is 1. The molecule has 0 bridgehead atoms. The van der Waals surface area contributed by atoms with E-state index >= 15 is 0 Å². The number of benzene rings is 1. The first-order valence-corrected chi connectivity index (χ1v) is 4.83. The van der Waals surface area contributed by atoms with Crippen LogP contribution in [0.2, 0.25) is 0 Å². The van der Waals surface area contributed by atoms with Crippen LogP contribution in [0.1, 0.15) is 36.0 Å². The first kappa shape index (κ1) is 11.3. The van der Waals surface area contributed by atoms with Crippen molar-refractivity contribution in [3.8, 4) is 6.07 Å². The molecule has 0 aliphatic heterocycles. The highest BCUT2D eigenvalue weighted by molar-refractivity contribution is 5.74. The average molecular weight is 202 g/mol. The predicted molar refractivity (Wildman–Crippen MR) is 58.1 cm³/mol. The highest BCUT2D eigenvalue weighted by atomic mass is 16.1. The van der Waals surface area contributed by atoms with Gasteiger partial charge in [0.25, 0.3) is 0 Å². The van der Waals surface area contributed by atoms with Gasteiger partial charge in [0.1, 0.15) is 0 Å². The van der Waals surface area contributed by atoms with Gasteiger partial charge in [-0.2, -0.15) is 5.26 Å². The van der Waals surface area contributed by atoms with Crippen LogP contribution in [-0.2, 0) is 4.79 Å². The van der Waals surface area contributed by atoms with Crippen molar-refractivity contribution in [2.24, 2.45) is 5.73 Å². The first-order chi connectivity index (χ1) is 7.02. The maximum Gasteiger partial charge on any atom is 0.218 e. The van der Waals surface area contributed by atoms with Crippen LogP contribution in [0.25, 0.3) is 0 Å². The summed E-state index contributed by atoms with van der Waals surface area (Å²) in [5, 5.41) is 8.81. The van der Waals surface area contributed by atoms with Gasteiger partial charge in [-0.05, 0) is 36.1 Å². The van der Waals surface area contributed by atoms with Crippen molar-refractivity contribution in [3.05, 3.63) is 34.9 Å². The third-order valence-electron chi connectivity index (χ3n) is 2.31. The fourth-order valence-corrected chi connectivity index (χ4v) is 1.58. The van der Waals surface area contributed by atoms with Gasteiger partial charge in [0.05, 0.1) is 11.6 Å². The molecule has 0 spiro atoms. The van der Waals surface area contributed by atoms with Crippen LogP contribution in [0.5, 0.6) is 0 Å². The zero-order valence-electron chi connectivity index (χ0n) is 8.95. The lowest BCUT2D eigenvalue weighted by atomic mass is 9.94. The third kappa shape index (κ3) is 3.10. The summed E-state index contributed by atoms with van der Waals surface area (Å²) in [7, 11) is 0. The molecule has 78 valence electrons. The van der Waals surface area contributed by atoms with Gasteiger partial charge in [0, 0.05) is 6.42 Å². The Morgan fingerprint density at radius 2 is 2.20 bits per heavy atom. The minimum atomic E-state index is -0.317. The number of nitrogens with two attached hydrogens (primary N) is 1. The zero-order chi connectivity index (χ0) is 11.4. The van der Waals surface area contributed by atoms with Gasteiger partial charge in [0.15, 0.2) is 0 Å².